The van der Waals surface area contributed by atoms with Gasteiger partial charge in [0.2, 0.25) is 0 Å². The second kappa shape index (κ2) is 7.55. The Balaban J connectivity index is 1.70. The third-order valence-electron chi connectivity index (χ3n) is 5.66. The highest BCUT2D eigenvalue weighted by Gasteiger charge is 2.24. The van der Waals surface area contributed by atoms with Gasteiger partial charge in [0.15, 0.2) is 5.58 Å². The number of nitrogens with one attached hydrogen (secondary N) is 2. The minimum atomic E-state index is -0.365. The van der Waals surface area contributed by atoms with Gasteiger partial charge in [-0.2, -0.15) is 0 Å². The minimum Gasteiger partial charge on any atom is -0.507 e. The summed E-state index contributed by atoms with van der Waals surface area (Å²) >= 11 is 0. The van der Waals surface area contributed by atoms with Crippen LogP contribution in [0.15, 0.2) is 57.7 Å². The predicted molar refractivity (Wildman–Crippen MR) is 105 cm³/mol. The molecule has 0 radical (unpaired) electrons. The van der Waals surface area contributed by atoms with Gasteiger partial charge in [0.25, 0.3) is 0 Å². The average Bonchev–Trinajstić information content (AvgIpc) is 2.71. The van der Waals surface area contributed by atoms with Crippen LogP contribution in [0.1, 0.15) is 12.5 Å². The van der Waals surface area contributed by atoms with Crippen molar-refractivity contribution in [2.75, 3.05) is 32.7 Å². The van der Waals surface area contributed by atoms with Gasteiger partial charge in [0.1, 0.15) is 38.5 Å². The molecule has 3 N–H and O–H groups in total. The van der Waals surface area contributed by atoms with Crippen LogP contribution in [0.25, 0.3) is 22.1 Å². The SMILES string of the molecule is CC[NH+]1CC[NH+](Cc2c(O)ccc3cc(-c4ccccc4)c(=O)oc23)CC1. The van der Waals surface area contributed by atoms with E-state index < -0.39 is 0 Å². The standard InChI is InChI=1S/C22H24N2O3/c1-2-23-10-12-24(13-11-23)15-19-20(25)9-8-17-14-18(22(26)27-21(17)19)16-6-4-3-5-7-16/h3-9,14,25H,2,10-13,15H2,1H3/p+2. The normalized spacial score (nSPS) is 20.0. The number of hydrogen-bond donors (Lipinski definition) is 3. The van der Waals surface area contributed by atoms with Crippen LogP contribution < -0.4 is 15.4 Å². The molecular formula is C22H26N2O3+2. The number of aromatic hydroxyl groups is 1. The van der Waals surface area contributed by atoms with E-state index in [-0.39, 0.29) is 11.4 Å². The molecule has 1 aliphatic rings. The summed E-state index contributed by atoms with van der Waals surface area (Å²) in [5.41, 5.74) is 2.27. The van der Waals surface area contributed by atoms with Gasteiger partial charge in [0.05, 0.1) is 17.7 Å². The smallest absolute Gasteiger partial charge is 0.344 e. The molecule has 27 heavy (non-hydrogen) atoms. The predicted octanol–water partition coefficient (Wildman–Crippen LogP) is 0.469. The lowest BCUT2D eigenvalue weighted by molar-refractivity contribution is -1.02. The molecule has 3 aromatic rings. The number of piperazine rings is 1. The topological polar surface area (TPSA) is 59.3 Å². The molecule has 1 aromatic heterocycles. The molecular weight excluding hydrogens is 340 g/mol. The van der Waals surface area contributed by atoms with Crippen LogP contribution >= 0.6 is 0 Å². The number of benzene rings is 2. The van der Waals surface area contributed by atoms with E-state index in [4.69, 9.17) is 4.42 Å². The molecule has 2 aromatic carbocycles. The maximum absolute atomic E-state index is 12.6. The van der Waals surface area contributed by atoms with Gasteiger partial charge in [-0.25, -0.2) is 4.79 Å². The van der Waals surface area contributed by atoms with E-state index >= 15 is 0 Å². The third kappa shape index (κ3) is 3.61. The molecule has 0 bridgehead atoms. The zero-order valence-electron chi connectivity index (χ0n) is 15.6. The van der Waals surface area contributed by atoms with E-state index in [1.165, 1.54) is 4.90 Å². The molecule has 5 heteroatoms. The van der Waals surface area contributed by atoms with Gasteiger partial charge in [-0.15, -0.1) is 0 Å². The number of likely N-dealkylation sites (N-methyl/N-ethyl adjacent to an activating group) is 1. The van der Waals surface area contributed by atoms with Crippen molar-refractivity contribution in [1.82, 2.24) is 0 Å². The summed E-state index contributed by atoms with van der Waals surface area (Å²) in [7, 11) is 0. The van der Waals surface area contributed by atoms with Crippen molar-refractivity contribution in [1.29, 1.82) is 0 Å². The molecule has 0 amide bonds. The van der Waals surface area contributed by atoms with E-state index in [2.05, 4.69) is 6.92 Å². The molecule has 0 spiro atoms. The highest BCUT2D eigenvalue weighted by atomic mass is 16.4. The summed E-state index contributed by atoms with van der Waals surface area (Å²) < 4.78 is 5.71. The molecule has 140 valence electrons. The van der Waals surface area contributed by atoms with Crippen LogP contribution in [-0.2, 0) is 6.54 Å². The molecule has 0 aliphatic carbocycles. The summed E-state index contributed by atoms with van der Waals surface area (Å²) in [5.74, 6) is 0.205. The molecule has 1 aliphatic heterocycles. The Morgan fingerprint density at radius 3 is 2.41 bits per heavy atom. The quantitative estimate of drug-likeness (QED) is 0.589. The minimum absolute atomic E-state index is 0.205. The summed E-state index contributed by atoms with van der Waals surface area (Å²) in [5, 5.41) is 11.3. The third-order valence-corrected chi connectivity index (χ3v) is 5.66. The van der Waals surface area contributed by atoms with Gasteiger partial charge in [-0.05, 0) is 30.7 Å². The zero-order chi connectivity index (χ0) is 18.8. The fraction of sp³-hybridized carbons (Fsp3) is 0.318. The molecule has 1 fully saturated rings. The second-order valence-corrected chi connectivity index (χ2v) is 7.33. The highest BCUT2D eigenvalue weighted by molar-refractivity contribution is 5.85. The van der Waals surface area contributed by atoms with Crippen molar-refractivity contribution >= 4 is 11.0 Å². The summed E-state index contributed by atoms with van der Waals surface area (Å²) in [6.45, 7) is 8.45. The van der Waals surface area contributed by atoms with Crippen molar-refractivity contribution in [2.45, 2.75) is 13.5 Å². The van der Waals surface area contributed by atoms with Gasteiger partial charge in [-0.1, -0.05) is 30.3 Å². The maximum Gasteiger partial charge on any atom is 0.344 e. The van der Waals surface area contributed by atoms with Crippen molar-refractivity contribution in [3.8, 4) is 16.9 Å². The number of hydrogen-bond acceptors (Lipinski definition) is 3. The lowest BCUT2D eigenvalue weighted by atomic mass is 10.0. The Kier molecular flexibility index (Phi) is 4.97. The number of rotatable bonds is 4. The van der Waals surface area contributed by atoms with Crippen molar-refractivity contribution in [3.63, 3.8) is 0 Å². The Hall–Kier alpha value is -2.63. The Bertz CT molecular complexity index is 990. The fourth-order valence-corrected chi connectivity index (χ4v) is 3.96. The molecule has 0 saturated carbocycles. The monoisotopic (exact) mass is 366 g/mol. The Morgan fingerprint density at radius 1 is 1.00 bits per heavy atom. The van der Waals surface area contributed by atoms with Gasteiger partial charge in [-0.3, -0.25) is 0 Å². The molecule has 5 nitrogen and oxygen atoms in total. The summed E-state index contributed by atoms with van der Waals surface area (Å²) in [6.07, 6.45) is 0. The van der Waals surface area contributed by atoms with E-state index in [9.17, 15) is 9.90 Å². The molecule has 2 heterocycles. The van der Waals surface area contributed by atoms with E-state index in [1.807, 2.05) is 42.5 Å². The molecule has 4 rings (SSSR count). The number of phenolic OH excluding ortho intramolecular Hbond substituents is 1. The maximum atomic E-state index is 12.6. The fourth-order valence-electron chi connectivity index (χ4n) is 3.96. The van der Waals surface area contributed by atoms with Crippen molar-refractivity contribution in [3.05, 3.63) is 64.5 Å². The summed E-state index contributed by atoms with van der Waals surface area (Å²) in [4.78, 5) is 15.7. The van der Waals surface area contributed by atoms with Crippen LogP contribution in [0.2, 0.25) is 0 Å². The van der Waals surface area contributed by atoms with Crippen molar-refractivity contribution < 1.29 is 19.3 Å². The van der Waals surface area contributed by atoms with Crippen LogP contribution in [0.4, 0.5) is 0 Å². The van der Waals surface area contributed by atoms with Gasteiger partial charge < -0.3 is 19.3 Å². The van der Waals surface area contributed by atoms with E-state index in [0.29, 0.717) is 17.7 Å². The number of fused-ring (bicyclic) bond motifs is 1. The van der Waals surface area contributed by atoms with Gasteiger partial charge >= 0.3 is 5.63 Å². The van der Waals surface area contributed by atoms with E-state index in [1.54, 1.807) is 11.0 Å². The van der Waals surface area contributed by atoms with Gasteiger partial charge in [0, 0.05) is 5.39 Å². The Morgan fingerprint density at radius 2 is 1.70 bits per heavy atom. The van der Waals surface area contributed by atoms with Crippen LogP contribution in [0.3, 0.4) is 0 Å². The van der Waals surface area contributed by atoms with Crippen molar-refractivity contribution in [2.24, 2.45) is 0 Å². The Labute approximate surface area is 158 Å². The highest BCUT2D eigenvalue weighted by Crippen LogP contribution is 2.28. The molecule has 0 unspecified atom stereocenters. The lowest BCUT2D eigenvalue weighted by Crippen LogP contribution is -3.27. The molecule has 1 saturated heterocycles. The first-order valence-corrected chi connectivity index (χ1v) is 9.67. The first-order chi connectivity index (χ1) is 13.2. The van der Waals surface area contributed by atoms with Crippen LogP contribution in [0.5, 0.6) is 5.75 Å². The largest absolute Gasteiger partial charge is 0.507 e. The number of quaternary nitrogens is 2. The summed E-state index contributed by atoms with van der Waals surface area (Å²) in [6, 6.07) is 14.9. The van der Waals surface area contributed by atoms with Crippen LogP contribution in [-0.4, -0.2) is 37.8 Å². The first kappa shape index (κ1) is 17.8. The molecule has 0 atom stereocenters. The lowest BCUT2D eigenvalue weighted by Gasteiger charge is -2.29. The average molecular weight is 366 g/mol. The first-order valence-electron chi connectivity index (χ1n) is 9.67. The van der Waals surface area contributed by atoms with E-state index in [0.717, 1.165) is 49.2 Å². The number of phenols is 1. The zero-order valence-corrected chi connectivity index (χ0v) is 15.6. The second-order valence-electron chi connectivity index (χ2n) is 7.33. The van der Waals surface area contributed by atoms with Crippen LogP contribution in [0, 0.1) is 0 Å².